The maximum Gasteiger partial charge on any atom is 0.0877 e. The van der Waals surface area contributed by atoms with Gasteiger partial charge in [-0.3, -0.25) is 0 Å². The maximum atomic E-state index is 5.28. The van der Waals surface area contributed by atoms with E-state index in [1.165, 1.54) is 5.57 Å². The molecule has 0 N–H and O–H groups in total. The smallest absolute Gasteiger partial charge is 0.0877 e. The third-order valence-electron chi connectivity index (χ3n) is 1.67. The van der Waals surface area contributed by atoms with Gasteiger partial charge < -0.3 is 9.47 Å². The van der Waals surface area contributed by atoms with Gasteiger partial charge in [0.25, 0.3) is 0 Å². The first-order chi connectivity index (χ1) is 5.29. The first-order valence-electron chi connectivity index (χ1n) is 4.12. The summed E-state index contributed by atoms with van der Waals surface area (Å²) in [5.41, 5.74) is 1.22. The summed E-state index contributed by atoms with van der Waals surface area (Å²) in [5.74, 6) is 0.751. The van der Waals surface area contributed by atoms with Gasteiger partial charge in [0.05, 0.1) is 26.1 Å². The van der Waals surface area contributed by atoms with E-state index in [-0.39, 0.29) is 0 Å². The van der Waals surface area contributed by atoms with Crippen LogP contribution < -0.4 is 0 Å². The molecule has 1 aliphatic heterocycles. The Labute approximate surface area is 68.2 Å². The van der Waals surface area contributed by atoms with E-state index in [9.17, 15) is 0 Å². The highest BCUT2D eigenvalue weighted by Gasteiger charge is 2.17. The standard InChI is InChI=1S/C9H16O2/c1-8(2)5-10-4-3-9-6-11-7-9/h5,9H,3-4,6-7H2,1-2H3. The van der Waals surface area contributed by atoms with Crippen molar-refractivity contribution in [3.8, 4) is 0 Å². The second-order valence-electron chi connectivity index (χ2n) is 3.26. The molecule has 1 fully saturated rings. The fourth-order valence-electron chi connectivity index (χ4n) is 0.911. The van der Waals surface area contributed by atoms with E-state index in [1.54, 1.807) is 0 Å². The number of ether oxygens (including phenoxy) is 2. The van der Waals surface area contributed by atoms with E-state index in [4.69, 9.17) is 9.47 Å². The van der Waals surface area contributed by atoms with Crippen molar-refractivity contribution in [1.82, 2.24) is 0 Å². The van der Waals surface area contributed by atoms with Crippen LogP contribution in [0.25, 0.3) is 0 Å². The zero-order chi connectivity index (χ0) is 8.10. The summed E-state index contributed by atoms with van der Waals surface area (Å²) >= 11 is 0. The summed E-state index contributed by atoms with van der Waals surface area (Å²) < 4.78 is 10.3. The van der Waals surface area contributed by atoms with Gasteiger partial charge in [-0.15, -0.1) is 0 Å². The molecular formula is C9H16O2. The van der Waals surface area contributed by atoms with Crippen molar-refractivity contribution in [2.24, 2.45) is 5.92 Å². The fraction of sp³-hybridized carbons (Fsp3) is 0.778. The molecular weight excluding hydrogens is 140 g/mol. The van der Waals surface area contributed by atoms with Crippen LogP contribution in [0.2, 0.25) is 0 Å². The average Bonchev–Trinajstić information content (AvgIpc) is 1.82. The van der Waals surface area contributed by atoms with Crippen molar-refractivity contribution in [2.45, 2.75) is 20.3 Å². The van der Waals surface area contributed by atoms with Gasteiger partial charge in [-0.25, -0.2) is 0 Å². The van der Waals surface area contributed by atoms with Crippen LogP contribution in [0, 0.1) is 5.92 Å². The molecule has 1 saturated heterocycles. The van der Waals surface area contributed by atoms with E-state index < -0.39 is 0 Å². The normalized spacial score (nSPS) is 17.3. The largest absolute Gasteiger partial charge is 0.501 e. The Bertz CT molecular complexity index is 132. The molecule has 0 unspecified atom stereocenters. The predicted octanol–water partition coefficient (Wildman–Crippen LogP) is 1.96. The topological polar surface area (TPSA) is 18.5 Å². The highest BCUT2D eigenvalue weighted by Crippen LogP contribution is 2.13. The van der Waals surface area contributed by atoms with Gasteiger partial charge in [-0.2, -0.15) is 0 Å². The Hall–Kier alpha value is -0.500. The number of allylic oxidation sites excluding steroid dienone is 1. The van der Waals surface area contributed by atoms with Crippen molar-refractivity contribution in [1.29, 1.82) is 0 Å². The van der Waals surface area contributed by atoms with Crippen LogP contribution in [-0.4, -0.2) is 19.8 Å². The number of hydrogen-bond acceptors (Lipinski definition) is 2. The Morgan fingerprint density at radius 2 is 2.27 bits per heavy atom. The highest BCUT2D eigenvalue weighted by atomic mass is 16.5. The summed E-state index contributed by atoms with van der Waals surface area (Å²) in [6.45, 7) is 6.76. The van der Waals surface area contributed by atoms with Crippen molar-refractivity contribution < 1.29 is 9.47 Å². The van der Waals surface area contributed by atoms with Crippen LogP contribution in [0.1, 0.15) is 20.3 Å². The molecule has 2 heteroatoms. The minimum absolute atomic E-state index is 0.751. The molecule has 0 spiro atoms. The quantitative estimate of drug-likeness (QED) is 0.457. The van der Waals surface area contributed by atoms with Gasteiger partial charge in [0.2, 0.25) is 0 Å². The maximum absolute atomic E-state index is 5.28. The molecule has 2 nitrogen and oxygen atoms in total. The zero-order valence-electron chi connectivity index (χ0n) is 7.30. The molecule has 0 amide bonds. The summed E-state index contributed by atoms with van der Waals surface area (Å²) in [7, 11) is 0. The van der Waals surface area contributed by atoms with Crippen LogP contribution in [-0.2, 0) is 9.47 Å². The third-order valence-corrected chi connectivity index (χ3v) is 1.67. The molecule has 0 aromatic carbocycles. The Morgan fingerprint density at radius 3 is 2.73 bits per heavy atom. The van der Waals surface area contributed by atoms with Crippen LogP contribution in [0.5, 0.6) is 0 Å². The molecule has 0 bridgehead atoms. The summed E-state index contributed by atoms with van der Waals surface area (Å²) in [6, 6.07) is 0. The van der Waals surface area contributed by atoms with Crippen molar-refractivity contribution >= 4 is 0 Å². The second-order valence-corrected chi connectivity index (χ2v) is 3.26. The van der Waals surface area contributed by atoms with E-state index in [2.05, 4.69) is 0 Å². The van der Waals surface area contributed by atoms with Crippen LogP contribution in [0.4, 0.5) is 0 Å². The Balaban J connectivity index is 1.91. The molecule has 64 valence electrons. The zero-order valence-corrected chi connectivity index (χ0v) is 7.30. The SMILES string of the molecule is CC(C)=COCCC1COC1. The Kier molecular flexibility index (Phi) is 3.43. The van der Waals surface area contributed by atoms with Gasteiger partial charge in [0, 0.05) is 5.92 Å². The average molecular weight is 156 g/mol. The molecule has 0 aromatic heterocycles. The number of rotatable bonds is 4. The van der Waals surface area contributed by atoms with Crippen LogP contribution >= 0.6 is 0 Å². The molecule has 1 aliphatic rings. The second kappa shape index (κ2) is 4.39. The highest BCUT2D eigenvalue weighted by molar-refractivity contribution is 4.86. The van der Waals surface area contributed by atoms with Crippen molar-refractivity contribution in [2.75, 3.05) is 19.8 Å². The van der Waals surface area contributed by atoms with Gasteiger partial charge >= 0.3 is 0 Å². The molecule has 0 saturated carbocycles. The van der Waals surface area contributed by atoms with E-state index >= 15 is 0 Å². The lowest BCUT2D eigenvalue weighted by atomic mass is 10.1. The van der Waals surface area contributed by atoms with E-state index in [0.29, 0.717) is 0 Å². The molecule has 11 heavy (non-hydrogen) atoms. The third kappa shape index (κ3) is 3.42. The van der Waals surface area contributed by atoms with Gasteiger partial charge in [0.15, 0.2) is 0 Å². The summed E-state index contributed by atoms with van der Waals surface area (Å²) in [5, 5.41) is 0. The number of hydrogen-bond donors (Lipinski definition) is 0. The lowest BCUT2D eigenvalue weighted by Crippen LogP contribution is -2.28. The van der Waals surface area contributed by atoms with E-state index in [1.807, 2.05) is 20.1 Å². The first kappa shape index (κ1) is 8.60. The molecule has 0 aromatic rings. The minimum atomic E-state index is 0.751. The van der Waals surface area contributed by atoms with Gasteiger partial charge in [-0.1, -0.05) is 0 Å². The molecule has 0 aliphatic carbocycles. The van der Waals surface area contributed by atoms with Crippen molar-refractivity contribution in [3.63, 3.8) is 0 Å². The molecule has 1 heterocycles. The predicted molar refractivity (Wildman–Crippen MR) is 44.3 cm³/mol. The Morgan fingerprint density at radius 1 is 1.55 bits per heavy atom. The van der Waals surface area contributed by atoms with E-state index in [0.717, 1.165) is 32.2 Å². The fourth-order valence-corrected chi connectivity index (χ4v) is 0.911. The lowest BCUT2D eigenvalue weighted by Gasteiger charge is -2.25. The summed E-state index contributed by atoms with van der Waals surface area (Å²) in [6.07, 6.45) is 2.95. The molecule has 1 rings (SSSR count). The van der Waals surface area contributed by atoms with Gasteiger partial charge in [0.1, 0.15) is 0 Å². The molecule has 0 atom stereocenters. The molecule has 0 radical (unpaired) electrons. The monoisotopic (exact) mass is 156 g/mol. The first-order valence-corrected chi connectivity index (χ1v) is 4.12. The van der Waals surface area contributed by atoms with Crippen LogP contribution in [0.15, 0.2) is 11.8 Å². The van der Waals surface area contributed by atoms with Gasteiger partial charge in [-0.05, 0) is 25.8 Å². The van der Waals surface area contributed by atoms with Crippen molar-refractivity contribution in [3.05, 3.63) is 11.8 Å². The van der Waals surface area contributed by atoms with Crippen LogP contribution in [0.3, 0.4) is 0 Å². The minimum Gasteiger partial charge on any atom is -0.501 e. The summed E-state index contributed by atoms with van der Waals surface area (Å²) in [4.78, 5) is 0. The lowest BCUT2D eigenvalue weighted by molar-refractivity contribution is -0.0421.